The first-order chi connectivity index (χ1) is 22.1. The Kier molecular flexibility index (Phi) is 15.4. The van der Waals surface area contributed by atoms with Crippen molar-refractivity contribution in [1.82, 2.24) is 15.1 Å². The van der Waals surface area contributed by atoms with Gasteiger partial charge in [-0.2, -0.15) is 0 Å². The summed E-state index contributed by atoms with van der Waals surface area (Å²) in [6.45, 7) is 11.7. The van der Waals surface area contributed by atoms with Gasteiger partial charge in [0.2, 0.25) is 5.91 Å². The molecular formula is C31H52N6O11. The van der Waals surface area contributed by atoms with Gasteiger partial charge >= 0.3 is 11.9 Å². The molecule has 0 aromatic carbocycles. The molecular weight excluding hydrogens is 632 g/mol. The Labute approximate surface area is 281 Å². The van der Waals surface area contributed by atoms with Crippen LogP contribution < -0.4 is 5.32 Å². The third kappa shape index (κ3) is 10.9. The number of carbonyl (C=O) groups is 5. The summed E-state index contributed by atoms with van der Waals surface area (Å²) >= 11 is 0. The van der Waals surface area contributed by atoms with Crippen LogP contribution in [0, 0.1) is 21.9 Å². The summed E-state index contributed by atoms with van der Waals surface area (Å²) in [5, 5.41) is 44.9. The van der Waals surface area contributed by atoms with Crippen molar-refractivity contribution in [1.29, 1.82) is 5.41 Å². The number of Topliss-reactive ketones (excluding diaryl/α,β-unsaturated/α-hetero) is 1. The van der Waals surface area contributed by atoms with Crippen molar-refractivity contribution in [2.75, 3.05) is 27.7 Å². The van der Waals surface area contributed by atoms with E-state index >= 15 is 0 Å². The number of amides is 2. The standard InChI is InChI=1S/C31H52N6O11/c1-16(2)26(25(41)23-24(40)18(4)36(11)29(23)42)48-30(43)31(7,8)27(47-20(6)38)21(13-12-14-37(45)34-44)33-22(39)15-17(3)46-28(32)19(5)35(9)10/h16-19,21,26-27,32,41,44H,12-15H2,1-11H3,(H,33,39)/t17-,18+,19+,21+,26+,27+/m1/s1. The molecule has 0 aromatic rings. The normalized spacial score (nSPS) is 19.8. The first kappa shape index (κ1) is 41.7. The van der Waals surface area contributed by atoms with E-state index in [1.807, 2.05) is 0 Å². The highest BCUT2D eigenvalue weighted by atomic mass is 16.6. The number of hydrogen-bond acceptors (Lipinski definition) is 13. The number of rotatable bonds is 17. The molecule has 48 heavy (non-hydrogen) atoms. The third-order valence-corrected chi connectivity index (χ3v) is 8.27. The van der Waals surface area contributed by atoms with Crippen LogP contribution in [0.4, 0.5) is 0 Å². The van der Waals surface area contributed by atoms with E-state index in [1.165, 1.54) is 27.8 Å². The van der Waals surface area contributed by atoms with Crippen LogP contribution in [0.25, 0.3) is 0 Å². The zero-order valence-electron chi connectivity index (χ0n) is 29.7. The number of esters is 2. The largest absolute Gasteiger partial charge is 0.597 e. The molecule has 1 heterocycles. The van der Waals surface area contributed by atoms with Gasteiger partial charge in [0.05, 0.1) is 24.5 Å². The molecule has 1 fully saturated rings. The predicted octanol–water partition coefficient (Wildman–Crippen LogP) is 2.09. The molecule has 0 spiro atoms. The first-order valence-corrected chi connectivity index (χ1v) is 15.7. The lowest BCUT2D eigenvalue weighted by Crippen LogP contribution is -2.55. The van der Waals surface area contributed by atoms with Gasteiger partial charge < -0.3 is 39.9 Å². The zero-order valence-corrected chi connectivity index (χ0v) is 29.7. The summed E-state index contributed by atoms with van der Waals surface area (Å²) in [6, 6.07) is -2.28. The lowest BCUT2D eigenvalue weighted by molar-refractivity contribution is -0.556. The first-order valence-electron chi connectivity index (χ1n) is 15.7. The molecule has 2 amide bonds. The minimum atomic E-state index is -1.72. The molecule has 17 nitrogen and oxygen atoms in total. The van der Waals surface area contributed by atoms with Gasteiger partial charge in [0.15, 0.2) is 29.6 Å². The van der Waals surface area contributed by atoms with Crippen molar-refractivity contribution in [2.45, 2.75) is 111 Å². The molecule has 1 saturated heterocycles. The van der Waals surface area contributed by atoms with Crippen molar-refractivity contribution in [3.8, 4) is 0 Å². The van der Waals surface area contributed by atoms with Crippen LogP contribution in [0.1, 0.15) is 74.7 Å². The van der Waals surface area contributed by atoms with E-state index in [0.717, 1.165) is 11.8 Å². The number of carbonyl (C=O) groups excluding carboxylic acids is 5. The second-order valence-corrected chi connectivity index (χ2v) is 13.2. The fourth-order valence-corrected chi connectivity index (χ4v) is 4.93. The summed E-state index contributed by atoms with van der Waals surface area (Å²) in [6.07, 6.45) is -3.79. The number of hydroxylamine groups is 1. The molecule has 0 aliphatic carbocycles. The van der Waals surface area contributed by atoms with Crippen LogP contribution in [0.2, 0.25) is 0 Å². The minimum absolute atomic E-state index is 0.0139. The van der Waals surface area contributed by atoms with E-state index in [9.17, 15) is 34.3 Å². The Bertz CT molecular complexity index is 1260. The van der Waals surface area contributed by atoms with Crippen molar-refractivity contribution in [3.63, 3.8) is 0 Å². The molecule has 0 aromatic heterocycles. The molecule has 1 aliphatic heterocycles. The summed E-state index contributed by atoms with van der Waals surface area (Å²) in [4.78, 5) is 67.9. The summed E-state index contributed by atoms with van der Waals surface area (Å²) in [5.41, 5.74) is -2.21. The van der Waals surface area contributed by atoms with Gasteiger partial charge in [0.1, 0.15) is 29.0 Å². The van der Waals surface area contributed by atoms with E-state index in [0.29, 0.717) is 0 Å². The molecule has 0 saturated carbocycles. The van der Waals surface area contributed by atoms with E-state index in [-0.39, 0.29) is 42.6 Å². The number of nitrogens with zero attached hydrogens (tertiary/aromatic N) is 4. The number of ketones is 1. The second kappa shape index (κ2) is 17.8. The van der Waals surface area contributed by atoms with Crippen LogP contribution in [0.15, 0.2) is 16.6 Å². The second-order valence-electron chi connectivity index (χ2n) is 13.2. The summed E-state index contributed by atoms with van der Waals surface area (Å²) in [7, 11) is 4.95. The number of hydrogen-bond donors (Lipinski definition) is 4. The molecule has 0 radical (unpaired) electrons. The van der Waals surface area contributed by atoms with Crippen molar-refractivity contribution >= 4 is 35.4 Å². The van der Waals surface area contributed by atoms with Crippen molar-refractivity contribution in [2.24, 2.45) is 16.6 Å². The highest BCUT2D eigenvalue weighted by Gasteiger charge is 2.48. The fraction of sp³-hybridized carbons (Fsp3) is 0.742. The van der Waals surface area contributed by atoms with Crippen LogP contribution in [0.3, 0.4) is 0 Å². The number of ether oxygens (including phenoxy) is 3. The lowest BCUT2D eigenvalue weighted by Gasteiger charge is -2.38. The lowest BCUT2D eigenvalue weighted by atomic mass is 9.80. The van der Waals surface area contributed by atoms with Crippen LogP contribution in [-0.4, -0.2) is 125 Å². The van der Waals surface area contributed by atoms with Gasteiger partial charge in [-0.3, -0.25) is 34.3 Å². The number of aliphatic hydroxyl groups is 1. The predicted molar refractivity (Wildman–Crippen MR) is 171 cm³/mol. The van der Waals surface area contributed by atoms with Gasteiger partial charge in [-0.25, -0.2) is 0 Å². The smallest absolute Gasteiger partial charge is 0.316 e. The molecule has 272 valence electrons. The minimum Gasteiger partial charge on any atom is -0.597 e. The van der Waals surface area contributed by atoms with E-state index in [4.69, 9.17) is 24.8 Å². The molecule has 17 heteroatoms. The van der Waals surface area contributed by atoms with E-state index in [2.05, 4.69) is 10.6 Å². The van der Waals surface area contributed by atoms with Crippen LogP contribution in [0.5, 0.6) is 0 Å². The average molecular weight is 685 g/mol. The number of nitrogens with one attached hydrogen (secondary N) is 2. The Morgan fingerprint density at radius 2 is 1.73 bits per heavy atom. The maximum absolute atomic E-state index is 13.9. The number of likely N-dealkylation sites (N-methyl/N-ethyl adjacent to an activating group) is 2. The van der Waals surface area contributed by atoms with Crippen LogP contribution in [-0.2, 0) is 38.2 Å². The molecule has 4 N–H and O–H groups in total. The number of aliphatic hydroxyl groups excluding tert-OH is 1. The SMILES string of the molecule is CC(=O)O[C@@H]([C@H](CCC[N+]([O-])=NO)NC(=O)C[C@@H](C)OC(=N)[C@H](C)N(C)C)C(C)(C)C(=O)O[C@H](C(O)=C1C(=O)[C@H](C)N(C)C1=O)C(C)C. The highest BCUT2D eigenvalue weighted by Crippen LogP contribution is 2.33. The summed E-state index contributed by atoms with van der Waals surface area (Å²) in [5.74, 6) is -5.10. The van der Waals surface area contributed by atoms with E-state index < -0.39 is 82.6 Å². The monoisotopic (exact) mass is 684 g/mol. The summed E-state index contributed by atoms with van der Waals surface area (Å²) < 4.78 is 16.9. The third-order valence-electron chi connectivity index (χ3n) is 8.27. The zero-order chi connectivity index (χ0) is 37.3. The highest BCUT2D eigenvalue weighted by molar-refractivity contribution is 6.26. The van der Waals surface area contributed by atoms with Crippen molar-refractivity contribution in [3.05, 3.63) is 16.5 Å². The van der Waals surface area contributed by atoms with Crippen molar-refractivity contribution < 1.29 is 53.4 Å². The maximum Gasteiger partial charge on any atom is 0.316 e. The number of likely N-dealkylation sites (tertiary alicyclic amines) is 1. The Hall–Kier alpha value is -4.28. The maximum atomic E-state index is 13.9. The van der Waals surface area contributed by atoms with Gasteiger partial charge in [-0.05, 0) is 61.1 Å². The quantitative estimate of drug-likeness (QED) is 0.0198. The average Bonchev–Trinajstić information content (AvgIpc) is 3.18. The molecule has 1 aliphatic rings. The van der Waals surface area contributed by atoms with Gasteiger partial charge in [0.25, 0.3) is 5.91 Å². The molecule has 0 bridgehead atoms. The van der Waals surface area contributed by atoms with Gasteiger partial charge in [-0.15, -0.1) is 0 Å². The van der Waals surface area contributed by atoms with Crippen LogP contribution >= 0.6 is 0 Å². The topological polar surface area (TPSA) is 234 Å². The Morgan fingerprint density at radius 3 is 2.19 bits per heavy atom. The van der Waals surface area contributed by atoms with Gasteiger partial charge in [-0.1, -0.05) is 18.7 Å². The molecule has 1 rings (SSSR count). The Morgan fingerprint density at radius 1 is 1.15 bits per heavy atom. The fourth-order valence-electron chi connectivity index (χ4n) is 4.93. The molecule has 0 unspecified atom stereocenters. The Balaban J connectivity index is 3.44. The van der Waals surface area contributed by atoms with Gasteiger partial charge in [0, 0.05) is 20.4 Å². The molecule has 6 atom stereocenters. The van der Waals surface area contributed by atoms with E-state index in [1.54, 1.807) is 46.7 Å².